The molecular weight excluding hydrogens is 406 g/mol. The number of methoxy groups -OCH3 is 1. The van der Waals surface area contributed by atoms with Crippen molar-refractivity contribution in [2.75, 3.05) is 20.2 Å². The van der Waals surface area contributed by atoms with Crippen LogP contribution in [0.2, 0.25) is 0 Å². The van der Waals surface area contributed by atoms with E-state index in [1.165, 1.54) is 4.90 Å². The Morgan fingerprint density at radius 1 is 1.13 bits per heavy atom. The molecule has 0 saturated carbocycles. The van der Waals surface area contributed by atoms with E-state index in [9.17, 15) is 14.0 Å². The van der Waals surface area contributed by atoms with Gasteiger partial charge in [0.2, 0.25) is 0 Å². The number of halogens is 2. The van der Waals surface area contributed by atoms with Gasteiger partial charge in [-0.2, -0.15) is 0 Å². The first-order valence-electron chi connectivity index (χ1n) is 9.76. The smallest absolute Gasteiger partial charge is 0.256 e. The predicted molar refractivity (Wildman–Crippen MR) is 113 cm³/mol. The van der Waals surface area contributed by atoms with E-state index in [2.05, 4.69) is 5.32 Å². The second-order valence-electron chi connectivity index (χ2n) is 6.74. The number of nitrogen functional groups attached to an aromatic ring is 1. The lowest BCUT2D eigenvalue weighted by Crippen LogP contribution is -2.33. The van der Waals surface area contributed by atoms with Crippen LogP contribution in [0.4, 0.5) is 8.78 Å². The van der Waals surface area contributed by atoms with Gasteiger partial charge in [-0.3, -0.25) is 15.0 Å². The maximum atomic E-state index is 15.1. The van der Waals surface area contributed by atoms with Crippen molar-refractivity contribution in [1.82, 2.24) is 10.2 Å². The summed E-state index contributed by atoms with van der Waals surface area (Å²) in [6, 6.07) is 8.61. The highest BCUT2D eigenvalue weighted by molar-refractivity contribution is 5.95. The predicted octanol–water partition coefficient (Wildman–Crippen LogP) is 2.73. The Morgan fingerprint density at radius 3 is 2.26 bits per heavy atom. The minimum Gasteiger partial charge on any atom is -0.384 e. The summed E-state index contributed by atoms with van der Waals surface area (Å²) < 4.78 is 34.7. The molecule has 2 rings (SSSR count). The summed E-state index contributed by atoms with van der Waals surface area (Å²) >= 11 is 0. The molecule has 0 fully saturated rings. The Labute approximate surface area is 179 Å². The molecule has 0 aromatic heterocycles. The first-order valence-corrected chi connectivity index (χ1v) is 9.76. The van der Waals surface area contributed by atoms with Gasteiger partial charge in [0.05, 0.1) is 11.1 Å². The zero-order valence-electron chi connectivity index (χ0n) is 17.7. The van der Waals surface area contributed by atoms with Gasteiger partial charge >= 0.3 is 0 Å². The van der Waals surface area contributed by atoms with Crippen LogP contribution < -0.4 is 11.1 Å². The van der Waals surface area contributed by atoms with Gasteiger partial charge in [-0.1, -0.05) is 24.3 Å². The number of hydrogen-bond donors (Lipinski definition) is 3. The Kier molecular flexibility index (Phi) is 8.21. The summed E-state index contributed by atoms with van der Waals surface area (Å²) in [6.07, 6.45) is -1.58. The molecule has 0 aliphatic rings. The third kappa shape index (κ3) is 5.43. The largest absolute Gasteiger partial charge is 0.384 e. The van der Waals surface area contributed by atoms with Crippen molar-refractivity contribution in [2.24, 2.45) is 5.73 Å². The number of ether oxygens (including phenoxy) is 1. The fourth-order valence-corrected chi connectivity index (χ4v) is 3.10. The normalized spacial score (nSPS) is 11.6. The van der Waals surface area contributed by atoms with Crippen LogP contribution in [0, 0.1) is 17.0 Å². The lowest BCUT2D eigenvalue weighted by atomic mass is 10.0. The molecule has 0 radical (unpaired) electrons. The molecule has 166 valence electrons. The van der Waals surface area contributed by atoms with Crippen molar-refractivity contribution in [3.8, 4) is 0 Å². The average molecular weight is 432 g/mol. The van der Waals surface area contributed by atoms with Gasteiger partial charge < -0.3 is 20.7 Å². The standard InChI is InChI=1S/C22H26F2N4O3/c1-4-28(5-2)22(30)15-10-11-16(23)17(18(15)24)19(31-3)21(29)27-12-13-6-8-14(9-7-13)20(25)26/h6-11,19H,4-5,12H2,1-3H3,(H3,25,26)(H,27,29). The monoisotopic (exact) mass is 432 g/mol. The minimum absolute atomic E-state index is 0.0676. The fraction of sp³-hybridized carbons (Fsp3) is 0.318. The highest BCUT2D eigenvalue weighted by atomic mass is 19.1. The summed E-state index contributed by atoms with van der Waals surface area (Å²) in [6.45, 7) is 4.28. The molecule has 1 atom stereocenters. The summed E-state index contributed by atoms with van der Waals surface area (Å²) in [5.74, 6) is -3.54. The molecule has 0 aliphatic carbocycles. The molecule has 4 N–H and O–H groups in total. The number of carbonyl (C=O) groups excluding carboxylic acids is 2. The molecule has 9 heteroatoms. The van der Waals surface area contributed by atoms with Crippen LogP contribution in [0.25, 0.3) is 0 Å². The number of nitrogens with two attached hydrogens (primary N) is 1. The van der Waals surface area contributed by atoms with Gasteiger partial charge in [0.25, 0.3) is 11.8 Å². The van der Waals surface area contributed by atoms with E-state index in [4.69, 9.17) is 15.9 Å². The minimum atomic E-state index is -1.58. The second-order valence-corrected chi connectivity index (χ2v) is 6.74. The van der Waals surface area contributed by atoms with Crippen molar-refractivity contribution in [2.45, 2.75) is 26.5 Å². The van der Waals surface area contributed by atoms with E-state index in [0.717, 1.165) is 19.2 Å². The van der Waals surface area contributed by atoms with Crippen molar-refractivity contribution in [3.05, 3.63) is 70.3 Å². The lowest BCUT2D eigenvalue weighted by Gasteiger charge is -2.22. The first kappa shape index (κ1) is 23.9. The quantitative estimate of drug-likeness (QED) is 0.418. The van der Waals surface area contributed by atoms with Gasteiger partial charge in [-0.05, 0) is 31.5 Å². The van der Waals surface area contributed by atoms with Crippen molar-refractivity contribution in [1.29, 1.82) is 5.41 Å². The van der Waals surface area contributed by atoms with Gasteiger partial charge in [0.1, 0.15) is 17.5 Å². The summed E-state index contributed by atoms with van der Waals surface area (Å²) in [5.41, 5.74) is 5.69. The van der Waals surface area contributed by atoms with E-state index >= 15 is 4.39 Å². The van der Waals surface area contributed by atoms with Gasteiger partial charge in [0, 0.05) is 32.3 Å². The third-order valence-electron chi connectivity index (χ3n) is 4.88. The van der Waals surface area contributed by atoms with Crippen molar-refractivity contribution >= 4 is 17.6 Å². The first-order chi connectivity index (χ1) is 14.7. The molecule has 2 amide bonds. The number of benzene rings is 2. The zero-order chi connectivity index (χ0) is 23.1. The Morgan fingerprint density at radius 2 is 1.74 bits per heavy atom. The van der Waals surface area contributed by atoms with E-state index in [0.29, 0.717) is 24.2 Å². The van der Waals surface area contributed by atoms with Gasteiger partial charge in [-0.25, -0.2) is 8.78 Å². The number of amidine groups is 1. The number of nitrogens with one attached hydrogen (secondary N) is 2. The molecule has 0 bridgehead atoms. The second kappa shape index (κ2) is 10.6. The summed E-state index contributed by atoms with van der Waals surface area (Å²) in [7, 11) is 1.16. The van der Waals surface area contributed by atoms with E-state index < -0.39 is 35.1 Å². The maximum absolute atomic E-state index is 15.1. The summed E-state index contributed by atoms with van der Waals surface area (Å²) in [4.78, 5) is 26.6. The molecule has 1 unspecified atom stereocenters. The average Bonchev–Trinajstić information content (AvgIpc) is 2.76. The lowest BCUT2D eigenvalue weighted by molar-refractivity contribution is -0.131. The molecular formula is C22H26F2N4O3. The van der Waals surface area contributed by atoms with E-state index in [1.54, 1.807) is 38.1 Å². The molecule has 2 aromatic rings. The van der Waals surface area contributed by atoms with Crippen LogP contribution in [0.1, 0.15) is 47.0 Å². The number of rotatable bonds is 9. The number of carbonyl (C=O) groups is 2. The van der Waals surface area contributed by atoms with Crippen LogP contribution in [-0.4, -0.2) is 42.7 Å². The number of amides is 2. The highest BCUT2D eigenvalue weighted by Crippen LogP contribution is 2.27. The molecule has 0 aliphatic heterocycles. The van der Waals surface area contributed by atoms with Gasteiger partial charge in [-0.15, -0.1) is 0 Å². The topological polar surface area (TPSA) is 109 Å². The fourth-order valence-electron chi connectivity index (χ4n) is 3.10. The molecule has 0 saturated heterocycles. The van der Waals surface area contributed by atoms with Crippen LogP contribution in [0.3, 0.4) is 0 Å². The Balaban J connectivity index is 2.26. The summed E-state index contributed by atoms with van der Waals surface area (Å²) in [5, 5.41) is 9.95. The Bertz CT molecular complexity index is 960. The molecule has 2 aromatic carbocycles. The van der Waals surface area contributed by atoms with Gasteiger partial charge in [0.15, 0.2) is 6.10 Å². The van der Waals surface area contributed by atoms with Crippen LogP contribution in [0.15, 0.2) is 36.4 Å². The van der Waals surface area contributed by atoms with Crippen LogP contribution in [-0.2, 0) is 16.1 Å². The third-order valence-corrected chi connectivity index (χ3v) is 4.88. The van der Waals surface area contributed by atoms with Crippen molar-refractivity contribution < 1.29 is 23.1 Å². The van der Waals surface area contributed by atoms with Crippen LogP contribution >= 0.6 is 0 Å². The van der Waals surface area contributed by atoms with E-state index in [-0.39, 0.29) is 17.9 Å². The molecule has 0 spiro atoms. The molecule has 31 heavy (non-hydrogen) atoms. The SMILES string of the molecule is CCN(CC)C(=O)c1ccc(F)c(C(OC)C(=O)NCc2ccc(C(=N)N)cc2)c1F. The van der Waals surface area contributed by atoms with E-state index in [1.807, 2.05) is 0 Å². The highest BCUT2D eigenvalue weighted by Gasteiger charge is 2.30. The Hall–Kier alpha value is -3.33. The van der Waals surface area contributed by atoms with Crippen molar-refractivity contribution in [3.63, 3.8) is 0 Å². The number of hydrogen-bond acceptors (Lipinski definition) is 4. The molecule has 7 nitrogen and oxygen atoms in total. The maximum Gasteiger partial charge on any atom is 0.256 e. The number of nitrogens with zero attached hydrogens (tertiary/aromatic N) is 1. The van der Waals surface area contributed by atoms with Crippen LogP contribution in [0.5, 0.6) is 0 Å². The zero-order valence-corrected chi connectivity index (χ0v) is 17.7. The molecule has 0 heterocycles.